The van der Waals surface area contributed by atoms with Crippen molar-refractivity contribution in [1.29, 1.82) is 0 Å². The number of nitrogens with one attached hydrogen (secondary N) is 1. The van der Waals surface area contributed by atoms with Crippen LogP contribution in [0.4, 0.5) is 0 Å². The van der Waals surface area contributed by atoms with Crippen LogP contribution in [-0.4, -0.2) is 29.5 Å². The zero-order valence-corrected chi connectivity index (χ0v) is 6.49. The number of rotatable bonds is 2. The Balaban J connectivity index is 2.25. The van der Waals surface area contributed by atoms with Crippen molar-refractivity contribution in [3.05, 3.63) is 0 Å². The van der Waals surface area contributed by atoms with Gasteiger partial charge in [-0.3, -0.25) is 0 Å². The molecule has 0 radical (unpaired) electrons. The standard InChI is InChI=1S/C6H11NO2S/c8-4-2-5-1-3-7-6(10)9-5/h5,8H,1-4H2,(H,7,10). The molecule has 0 aliphatic carbocycles. The molecule has 1 rings (SSSR count). The molecule has 0 aromatic rings. The number of aliphatic hydroxyl groups is 1. The third-order valence-electron chi connectivity index (χ3n) is 1.46. The first-order chi connectivity index (χ1) is 4.83. The maximum atomic E-state index is 8.56. The summed E-state index contributed by atoms with van der Waals surface area (Å²) in [5, 5.41) is 11.9. The van der Waals surface area contributed by atoms with Crippen molar-refractivity contribution in [1.82, 2.24) is 5.32 Å². The van der Waals surface area contributed by atoms with E-state index in [1.807, 2.05) is 0 Å². The van der Waals surface area contributed by atoms with Crippen LogP contribution >= 0.6 is 12.2 Å². The molecule has 1 atom stereocenters. The highest BCUT2D eigenvalue weighted by atomic mass is 32.1. The Bertz CT molecular complexity index is 127. The third kappa shape index (κ3) is 2.11. The van der Waals surface area contributed by atoms with Crippen LogP contribution in [-0.2, 0) is 4.74 Å². The molecule has 1 fully saturated rings. The predicted octanol–water partition coefficient (Wildman–Crippen LogP) is 0.0322. The number of thiocarbonyl (C=S) groups is 1. The fourth-order valence-electron chi connectivity index (χ4n) is 0.934. The summed E-state index contributed by atoms with van der Waals surface area (Å²) in [4.78, 5) is 0. The minimum atomic E-state index is 0.124. The van der Waals surface area contributed by atoms with Gasteiger partial charge in [0.15, 0.2) is 0 Å². The molecule has 0 bridgehead atoms. The first-order valence-electron chi connectivity index (χ1n) is 3.38. The van der Waals surface area contributed by atoms with Gasteiger partial charge >= 0.3 is 0 Å². The Kier molecular flexibility index (Phi) is 2.89. The van der Waals surface area contributed by atoms with E-state index in [0.717, 1.165) is 13.0 Å². The molecule has 1 heterocycles. The van der Waals surface area contributed by atoms with E-state index in [0.29, 0.717) is 11.6 Å². The van der Waals surface area contributed by atoms with Gasteiger partial charge in [-0.25, -0.2) is 0 Å². The molecule has 0 spiro atoms. The molecule has 0 saturated carbocycles. The van der Waals surface area contributed by atoms with E-state index in [1.54, 1.807) is 0 Å². The van der Waals surface area contributed by atoms with Crippen molar-refractivity contribution in [3.8, 4) is 0 Å². The predicted molar refractivity (Wildman–Crippen MR) is 41.8 cm³/mol. The number of ether oxygens (including phenoxy) is 1. The normalized spacial score (nSPS) is 25.3. The van der Waals surface area contributed by atoms with Gasteiger partial charge in [0.2, 0.25) is 0 Å². The molecule has 0 aromatic heterocycles. The maximum Gasteiger partial charge on any atom is 0.256 e. The lowest BCUT2D eigenvalue weighted by Crippen LogP contribution is -2.37. The van der Waals surface area contributed by atoms with Crippen LogP contribution in [0.1, 0.15) is 12.8 Å². The van der Waals surface area contributed by atoms with E-state index < -0.39 is 0 Å². The van der Waals surface area contributed by atoms with E-state index in [9.17, 15) is 0 Å². The van der Waals surface area contributed by atoms with Gasteiger partial charge in [-0.2, -0.15) is 0 Å². The molecule has 10 heavy (non-hydrogen) atoms. The van der Waals surface area contributed by atoms with Gasteiger partial charge in [-0.05, 0) is 12.2 Å². The highest BCUT2D eigenvalue weighted by Crippen LogP contribution is 2.07. The lowest BCUT2D eigenvalue weighted by Gasteiger charge is -2.24. The first-order valence-corrected chi connectivity index (χ1v) is 3.79. The van der Waals surface area contributed by atoms with Crippen LogP contribution in [0.15, 0.2) is 0 Å². The summed E-state index contributed by atoms with van der Waals surface area (Å²) in [6.45, 7) is 1.04. The summed E-state index contributed by atoms with van der Waals surface area (Å²) in [6.07, 6.45) is 1.74. The lowest BCUT2D eigenvalue weighted by molar-refractivity contribution is 0.119. The molecule has 1 unspecified atom stereocenters. The summed E-state index contributed by atoms with van der Waals surface area (Å²) in [7, 11) is 0. The molecule has 0 amide bonds. The summed E-state index contributed by atoms with van der Waals surface area (Å²) in [5.74, 6) is 0. The van der Waals surface area contributed by atoms with Crippen LogP contribution in [0.5, 0.6) is 0 Å². The van der Waals surface area contributed by atoms with Gasteiger partial charge in [0.25, 0.3) is 5.17 Å². The van der Waals surface area contributed by atoms with E-state index in [4.69, 9.17) is 22.1 Å². The quantitative estimate of drug-likeness (QED) is 0.561. The summed E-state index contributed by atoms with van der Waals surface area (Å²) in [6, 6.07) is 0. The second-order valence-corrected chi connectivity index (χ2v) is 2.63. The highest BCUT2D eigenvalue weighted by Gasteiger charge is 2.15. The van der Waals surface area contributed by atoms with Gasteiger partial charge in [0.1, 0.15) is 6.10 Å². The average molecular weight is 161 g/mol. The third-order valence-corrected chi connectivity index (χ3v) is 1.70. The Morgan fingerprint density at radius 2 is 2.60 bits per heavy atom. The van der Waals surface area contributed by atoms with Crippen LogP contribution in [0.2, 0.25) is 0 Å². The van der Waals surface area contributed by atoms with Crippen LogP contribution in [0.3, 0.4) is 0 Å². The van der Waals surface area contributed by atoms with Crippen molar-refractivity contribution in [2.24, 2.45) is 0 Å². The molecule has 58 valence electrons. The minimum absolute atomic E-state index is 0.124. The average Bonchev–Trinajstić information content (AvgIpc) is 1.88. The molecular formula is C6H11NO2S. The van der Waals surface area contributed by atoms with Crippen molar-refractivity contribution >= 4 is 17.4 Å². The van der Waals surface area contributed by atoms with Crippen LogP contribution in [0.25, 0.3) is 0 Å². The van der Waals surface area contributed by atoms with Crippen molar-refractivity contribution in [2.75, 3.05) is 13.2 Å². The lowest BCUT2D eigenvalue weighted by atomic mass is 10.2. The fraction of sp³-hybridized carbons (Fsp3) is 0.833. The van der Waals surface area contributed by atoms with Gasteiger partial charge in [0, 0.05) is 26.0 Å². The van der Waals surface area contributed by atoms with E-state index in [2.05, 4.69) is 5.32 Å². The minimum Gasteiger partial charge on any atom is -0.468 e. The van der Waals surface area contributed by atoms with Crippen molar-refractivity contribution < 1.29 is 9.84 Å². The summed E-state index contributed by atoms with van der Waals surface area (Å²) in [5.41, 5.74) is 0. The smallest absolute Gasteiger partial charge is 0.256 e. The largest absolute Gasteiger partial charge is 0.468 e. The molecule has 1 aliphatic heterocycles. The van der Waals surface area contributed by atoms with Crippen LogP contribution in [0, 0.1) is 0 Å². The van der Waals surface area contributed by atoms with E-state index in [-0.39, 0.29) is 12.7 Å². The molecular weight excluding hydrogens is 150 g/mol. The van der Waals surface area contributed by atoms with Crippen molar-refractivity contribution in [3.63, 3.8) is 0 Å². The molecule has 4 heteroatoms. The molecule has 1 saturated heterocycles. The van der Waals surface area contributed by atoms with Crippen molar-refractivity contribution in [2.45, 2.75) is 18.9 Å². The summed E-state index contributed by atoms with van der Waals surface area (Å²) < 4.78 is 5.19. The molecule has 3 nitrogen and oxygen atoms in total. The van der Waals surface area contributed by atoms with Crippen LogP contribution < -0.4 is 5.32 Å². The molecule has 2 N–H and O–H groups in total. The Morgan fingerprint density at radius 3 is 3.20 bits per heavy atom. The number of hydrogen-bond donors (Lipinski definition) is 2. The Morgan fingerprint density at radius 1 is 1.80 bits per heavy atom. The summed E-state index contributed by atoms with van der Waals surface area (Å²) >= 11 is 4.78. The molecule has 1 aliphatic rings. The number of hydrogen-bond acceptors (Lipinski definition) is 3. The first kappa shape index (κ1) is 7.75. The second kappa shape index (κ2) is 3.73. The highest BCUT2D eigenvalue weighted by molar-refractivity contribution is 7.80. The van der Waals surface area contributed by atoms with Gasteiger partial charge in [-0.1, -0.05) is 0 Å². The zero-order valence-electron chi connectivity index (χ0n) is 5.67. The Hall–Kier alpha value is -0.350. The monoisotopic (exact) mass is 161 g/mol. The second-order valence-electron chi connectivity index (χ2n) is 2.26. The van der Waals surface area contributed by atoms with Gasteiger partial charge in [-0.15, -0.1) is 0 Å². The SMILES string of the molecule is OCCC1CCNC(=S)O1. The maximum absolute atomic E-state index is 8.56. The fourth-order valence-corrected chi connectivity index (χ4v) is 1.17. The van der Waals surface area contributed by atoms with Gasteiger partial charge in [0.05, 0.1) is 0 Å². The molecule has 0 aromatic carbocycles. The zero-order chi connectivity index (χ0) is 7.40. The van der Waals surface area contributed by atoms with E-state index >= 15 is 0 Å². The topological polar surface area (TPSA) is 41.5 Å². The van der Waals surface area contributed by atoms with E-state index in [1.165, 1.54) is 0 Å². The Labute approximate surface area is 65.4 Å². The van der Waals surface area contributed by atoms with Gasteiger partial charge < -0.3 is 15.2 Å². The number of aliphatic hydroxyl groups excluding tert-OH is 1.